The van der Waals surface area contributed by atoms with Crippen LogP contribution in [0.15, 0.2) is 41.1 Å². The molecule has 2 aromatic heterocycles. The van der Waals surface area contributed by atoms with Crippen molar-refractivity contribution in [3.8, 4) is 11.4 Å². The van der Waals surface area contributed by atoms with E-state index in [1.165, 1.54) is 11.1 Å². The van der Waals surface area contributed by atoms with Gasteiger partial charge in [0.15, 0.2) is 0 Å². The van der Waals surface area contributed by atoms with Gasteiger partial charge in [0.05, 0.1) is 5.52 Å². The third-order valence-corrected chi connectivity index (χ3v) is 4.45. The molecule has 0 saturated heterocycles. The second-order valence-electron chi connectivity index (χ2n) is 5.56. The van der Waals surface area contributed by atoms with Crippen LogP contribution in [-0.4, -0.2) is 23.5 Å². The van der Waals surface area contributed by atoms with Crippen LogP contribution in [0.25, 0.3) is 16.9 Å². The third-order valence-electron chi connectivity index (χ3n) is 3.86. The number of aromatic nitrogens is 2. The molecule has 0 bridgehead atoms. The largest absolute Gasteiger partial charge is 0.378 e. The van der Waals surface area contributed by atoms with Crippen molar-refractivity contribution in [2.75, 3.05) is 19.0 Å². The van der Waals surface area contributed by atoms with Crippen molar-refractivity contribution in [2.45, 2.75) is 13.8 Å². The van der Waals surface area contributed by atoms with Crippen molar-refractivity contribution in [3.05, 3.63) is 52.3 Å². The van der Waals surface area contributed by atoms with Gasteiger partial charge in [-0.15, -0.1) is 0 Å². The number of anilines is 1. The molecule has 0 radical (unpaired) electrons. The lowest BCUT2D eigenvalue weighted by molar-refractivity contribution is 1.10. The van der Waals surface area contributed by atoms with Crippen molar-refractivity contribution in [1.82, 2.24) is 9.38 Å². The zero-order chi connectivity index (χ0) is 15.1. The van der Waals surface area contributed by atoms with Gasteiger partial charge < -0.3 is 4.90 Å². The average molecular weight is 344 g/mol. The molecule has 0 atom stereocenters. The Kier molecular flexibility index (Phi) is 3.49. The maximum atomic E-state index is 4.69. The van der Waals surface area contributed by atoms with Gasteiger partial charge in [0.25, 0.3) is 0 Å². The number of hydrogen-bond donors (Lipinski definition) is 0. The Hall–Kier alpha value is -1.81. The van der Waals surface area contributed by atoms with Crippen LogP contribution in [0.4, 0.5) is 5.69 Å². The molecule has 0 aliphatic carbocycles. The lowest BCUT2D eigenvalue weighted by atomic mass is 10.1. The quantitative estimate of drug-likeness (QED) is 0.685. The number of aryl methyl sites for hydroxylation is 2. The zero-order valence-electron chi connectivity index (χ0n) is 12.7. The van der Waals surface area contributed by atoms with E-state index in [-0.39, 0.29) is 0 Å². The number of hydrogen-bond acceptors (Lipinski definition) is 2. The summed E-state index contributed by atoms with van der Waals surface area (Å²) in [7, 11) is 4.08. The Bertz CT molecular complexity index is 818. The molecule has 3 aromatic rings. The summed E-state index contributed by atoms with van der Waals surface area (Å²) < 4.78 is 3.00. The highest BCUT2D eigenvalue weighted by Crippen LogP contribution is 2.29. The first-order valence-electron chi connectivity index (χ1n) is 6.90. The van der Waals surface area contributed by atoms with Gasteiger partial charge in [0.2, 0.25) is 0 Å². The fourth-order valence-corrected chi connectivity index (χ4v) is 2.87. The topological polar surface area (TPSA) is 20.5 Å². The van der Waals surface area contributed by atoms with Crippen LogP contribution in [-0.2, 0) is 0 Å². The van der Waals surface area contributed by atoms with Crippen molar-refractivity contribution in [1.29, 1.82) is 0 Å². The highest BCUT2D eigenvalue weighted by Gasteiger charge is 2.12. The van der Waals surface area contributed by atoms with Crippen LogP contribution in [0, 0.1) is 13.8 Å². The third kappa shape index (κ3) is 2.44. The van der Waals surface area contributed by atoms with Crippen LogP contribution >= 0.6 is 15.9 Å². The van der Waals surface area contributed by atoms with Crippen molar-refractivity contribution in [2.24, 2.45) is 0 Å². The number of fused-ring (bicyclic) bond motifs is 1. The minimum absolute atomic E-state index is 0.874. The van der Waals surface area contributed by atoms with E-state index in [0.29, 0.717) is 0 Å². The maximum Gasteiger partial charge on any atom is 0.145 e. The Morgan fingerprint density at radius 3 is 2.48 bits per heavy atom. The van der Waals surface area contributed by atoms with E-state index in [2.05, 4.69) is 75.6 Å². The average Bonchev–Trinajstić information content (AvgIpc) is 2.79. The second-order valence-corrected chi connectivity index (χ2v) is 6.31. The molecule has 3 rings (SSSR count). The molecule has 3 nitrogen and oxygen atoms in total. The highest BCUT2D eigenvalue weighted by atomic mass is 79.9. The predicted octanol–water partition coefficient (Wildman–Crippen LogP) is 4.45. The van der Waals surface area contributed by atoms with E-state index in [0.717, 1.165) is 27.2 Å². The monoisotopic (exact) mass is 343 g/mol. The van der Waals surface area contributed by atoms with Crippen molar-refractivity contribution >= 4 is 27.1 Å². The highest BCUT2D eigenvalue weighted by molar-refractivity contribution is 9.10. The molecule has 0 amide bonds. The molecule has 0 aliphatic heterocycles. The number of benzene rings is 1. The molecule has 21 heavy (non-hydrogen) atoms. The molecule has 0 aliphatic rings. The van der Waals surface area contributed by atoms with Crippen molar-refractivity contribution in [3.63, 3.8) is 0 Å². The van der Waals surface area contributed by atoms with E-state index in [4.69, 9.17) is 4.98 Å². The van der Waals surface area contributed by atoms with Gasteiger partial charge in [-0.2, -0.15) is 0 Å². The summed E-state index contributed by atoms with van der Waals surface area (Å²) in [6, 6.07) is 10.7. The summed E-state index contributed by atoms with van der Waals surface area (Å²) in [4.78, 5) is 6.78. The Balaban J connectivity index is 2.21. The molecule has 0 spiro atoms. The summed E-state index contributed by atoms with van der Waals surface area (Å²) in [6.45, 7) is 4.26. The van der Waals surface area contributed by atoms with Gasteiger partial charge in [-0.3, -0.25) is 4.40 Å². The maximum absolute atomic E-state index is 4.69. The Labute approximate surface area is 133 Å². The van der Waals surface area contributed by atoms with Crippen LogP contribution in [0.2, 0.25) is 0 Å². The predicted molar refractivity (Wildman–Crippen MR) is 92.1 cm³/mol. The van der Waals surface area contributed by atoms with Crippen LogP contribution in [0.1, 0.15) is 11.1 Å². The molecule has 4 heteroatoms. The van der Waals surface area contributed by atoms with Crippen LogP contribution < -0.4 is 4.90 Å². The summed E-state index contributed by atoms with van der Waals surface area (Å²) in [5, 5.41) is 0. The minimum atomic E-state index is 0.874. The molecule has 0 saturated carbocycles. The zero-order valence-corrected chi connectivity index (χ0v) is 14.3. The molecule has 0 unspecified atom stereocenters. The molecule has 0 N–H and O–H groups in total. The summed E-state index contributed by atoms with van der Waals surface area (Å²) >= 11 is 3.58. The standard InChI is InChI=1S/C17H18BrN3/c1-11-5-6-13(9-12(11)2)17-19-16(18)15-10-14(20(3)4)7-8-21(15)17/h5-10H,1-4H3. The number of pyridine rings is 1. The van der Waals surface area contributed by atoms with Gasteiger partial charge >= 0.3 is 0 Å². The van der Waals surface area contributed by atoms with Crippen LogP contribution in [0.5, 0.6) is 0 Å². The minimum Gasteiger partial charge on any atom is -0.378 e. The molecule has 2 heterocycles. The van der Waals surface area contributed by atoms with E-state index >= 15 is 0 Å². The Morgan fingerprint density at radius 2 is 1.81 bits per heavy atom. The lowest BCUT2D eigenvalue weighted by Gasteiger charge is -2.13. The number of imidazole rings is 1. The second kappa shape index (κ2) is 5.19. The summed E-state index contributed by atoms with van der Waals surface area (Å²) in [5.74, 6) is 0.963. The van der Waals surface area contributed by atoms with E-state index in [1.807, 2.05) is 14.1 Å². The van der Waals surface area contributed by atoms with E-state index in [9.17, 15) is 0 Å². The molecule has 1 aromatic carbocycles. The van der Waals surface area contributed by atoms with E-state index in [1.54, 1.807) is 0 Å². The van der Waals surface area contributed by atoms with Crippen molar-refractivity contribution < 1.29 is 0 Å². The number of nitrogens with zero attached hydrogens (tertiary/aromatic N) is 3. The molecule has 0 fully saturated rings. The molecule has 108 valence electrons. The number of rotatable bonds is 2. The SMILES string of the molecule is Cc1ccc(-c2nc(Br)c3cc(N(C)C)ccn23)cc1C. The summed E-state index contributed by atoms with van der Waals surface area (Å²) in [5.41, 5.74) is 5.96. The Morgan fingerprint density at radius 1 is 1.05 bits per heavy atom. The van der Waals surface area contributed by atoms with Gasteiger partial charge in [0, 0.05) is 31.5 Å². The van der Waals surface area contributed by atoms with Gasteiger partial charge in [0.1, 0.15) is 10.4 Å². The lowest BCUT2D eigenvalue weighted by Crippen LogP contribution is -2.08. The fourth-order valence-electron chi connectivity index (χ4n) is 2.40. The molecular formula is C17H18BrN3. The van der Waals surface area contributed by atoms with Gasteiger partial charge in [-0.05, 0) is 59.1 Å². The van der Waals surface area contributed by atoms with E-state index < -0.39 is 0 Å². The molecular weight excluding hydrogens is 326 g/mol. The first-order valence-corrected chi connectivity index (χ1v) is 7.69. The van der Waals surface area contributed by atoms with Crippen LogP contribution in [0.3, 0.4) is 0 Å². The smallest absolute Gasteiger partial charge is 0.145 e. The fraction of sp³-hybridized carbons (Fsp3) is 0.235. The van der Waals surface area contributed by atoms with Gasteiger partial charge in [-0.25, -0.2) is 4.98 Å². The normalized spacial score (nSPS) is 11.1. The van der Waals surface area contributed by atoms with Gasteiger partial charge in [-0.1, -0.05) is 12.1 Å². The first-order chi connectivity index (χ1) is 9.97. The number of halogens is 1. The first kappa shape index (κ1) is 14.1. The summed E-state index contributed by atoms with van der Waals surface area (Å²) in [6.07, 6.45) is 2.08.